The van der Waals surface area contributed by atoms with Gasteiger partial charge in [0.2, 0.25) is 0 Å². The van der Waals surface area contributed by atoms with Gasteiger partial charge in [-0.25, -0.2) is 0 Å². The molecule has 0 amide bonds. The zero-order chi connectivity index (χ0) is 13.1. The van der Waals surface area contributed by atoms with Gasteiger partial charge < -0.3 is 10.6 Å². The average molecular weight is 246 g/mol. The first-order chi connectivity index (χ1) is 7.93. The molecule has 0 heterocycles. The van der Waals surface area contributed by atoms with Crippen molar-refractivity contribution < 1.29 is 13.2 Å². The third-order valence-corrected chi connectivity index (χ3v) is 2.74. The molecular weight excluding hydrogens is 229 g/mol. The summed E-state index contributed by atoms with van der Waals surface area (Å²) in [4.78, 5) is 1.87. The van der Waals surface area contributed by atoms with Crippen LogP contribution in [0.2, 0.25) is 0 Å². The normalized spacial score (nSPS) is 11.6. The summed E-state index contributed by atoms with van der Waals surface area (Å²) >= 11 is 0. The Morgan fingerprint density at radius 3 is 2.18 bits per heavy atom. The Morgan fingerprint density at radius 2 is 1.76 bits per heavy atom. The van der Waals surface area contributed by atoms with Gasteiger partial charge in [-0.1, -0.05) is 6.07 Å². The Kier molecular flexibility index (Phi) is 4.40. The number of benzene rings is 1. The van der Waals surface area contributed by atoms with Crippen LogP contribution in [0.3, 0.4) is 0 Å². The molecule has 0 fully saturated rings. The predicted molar refractivity (Wildman–Crippen MR) is 62.9 cm³/mol. The lowest BCUT2D eigenvalue weighted by Gasteiger charge is -2.25. The van der Waals surface area contributed by atoms with E-state index in [4.69, 9.17) is 5.73 Å². The maximum atomic E-state index is 12.6. The fourth-order valence-electron chi connectivity index (χ4n) is 1.77. The summed E-state index contributed by atoms with van der Waals surface area (Å²) in [5, 5.41) is 0. The van der Waals surface area contributed by atoms with Crippen molar-refractivity contribution in [3.63, 3.8) is 0 Å². The van der Waals surface area contributed by atoms with Crippen LogP contribution in [0.1, 0.15) is 25.0 Å². The van der Waals surface area contributed by atoms with E-state index in [1.54, 1.807) is 0 Å². The van der Waals surface area contributed by atoms with Crippen LogP contribution in [-0.2, 0) is 12.7 Å². The van der Waals surface area contributed by atoms with Gasteiger partial charge in [0.05, 0.1) is 5.56 Å². The summed E-state index contributed by atoms with van der Waals surface area (Å²) in [6.45, 7) is 5.37. The molecule has 1 aromatic rings. The highest BCUT2D eigenvalue weighted by atomic mass is 19.4. The standard InChI is InChI=1S/C12H17F3N2/c1-3-17(4-2)11-7-10(12(13,14)15)6-5-9(11)8-16/h5-7H,3-4,8,16H2,1-2H3. The number of anilines is 1. The Hall–Kier alpha value is -1.23. The first kappa shape index (κ1) is 13.8. The minimum atomic E-state index is -4.31. The fraction of sp³-hybridized carbons (Fsp3) is 0.500. The molecule has 0 aliphatic carbocycles. The number of halogens is 3. The lowest BCUT2D eigenvalue weighted by atomic mass is 10.1. The van der Waals surface area contributed by atoms with Crippen molar-refractivity contribution in [1.29, 1.82) is 0 Å². The number of nitrogens with zero attached hydrogens (tertiary/aromatic N) is 1. The monoisotopic (exact) mass is 246 g/mol. The van der Waals surface area contributed by atoms with E-state index in [0.717, 1.165) is 11.6 Å². The zero-order valence-electron chi connectivity index (χ0n) is 10.0. The number of hydrogen-bond acceptors (Lipinski definition) is 2. The lowest BCUT2D eigenvalue weighted by molar-refractivity contribution is -0.137. The van der Waals surface area contributed by atoms with Gasteiger partial charge in [-0.05, 0) is 31.5 Å². The molecule has 17 heavy (non-hydrogen) atoms. The Balaban J connectivity index is 3.24. The molecule has 0 aliphatic rings. The van der Waals surface area contributed by atoms with Gasteiger partial charge in [-0.2, -0.15) is 13.2 Å². The highest BCUT2D eigenvalue weighted by Crippen LogP contribution is 2.33. The largest absolute Gasteiger partial charge is 0.416 e. The quantitative estimate of drug-likeness (QED) is 0.884. The first-order valence-corrected chi connectivity index (χ1v) is 5.59. The maximum Gasteiger partial charge on any atom is 0.416 e. The molecule has 0 unspecified atom stereocenters. The molecule has 0 bridgehead atoms. The number of rotatable bonds is 4. The van der Waals surface area contributed by atoms with Crippen molar-refractivity contribution >= 4 is 5.69 Å². The van der Waals surface area contributed by atoms with Crippen LogP contribution < -0.4 is 10.6 Å². The van der Waals surface area contributed by atoms with E-state index in [0.29, 0.717) is 18.8 Å². The Labute approximate surface area is 99.2 Å². The minimum Gasteiger partial charge on any atom is -0.372 e. The molecule has 0 saturated carbocycles. The lowest BCUT2D eigenvalue weighted by Crippen LogP contribution is -2.24. The summed E-state index contributed by atoms with van der Waals surface area (Å²) < 4.78 is 37.9. The highest BCUT2D eigenvalue weighted by Gasteiger charge is 2.31. The average Bonchev–Trinajstić information content (AvgIpc) is 2.29. The van der Waals surface area contributed by atoms with Gasteiger partial charge in [-0.15, -0.1) is 0 Å². The molecule has 0 atom stereocenters. The molecule has 2 N–H and O–H groups in total. The van der Waals surface area contributed by atoms with Gasteiger partial charge in [0.15, 0.2) is 0 Å². The molecule has 5 heteroatoms. The molecule has 0 spiro atoms. The third-order valence-electron chi connectivity index (χ3n) is 2.74. The number of alkyl halides is 3. The van der Waals surface area contributed by atoms with Crippen LogP contribution in [0.25, 0.3) is 0 Å². The molecule has 2 nitrogen and oxygen atoms in total. The highest BCUT2D eigenvalue weighted by molar-refractivity contribution is 5.56. The molecule has 0 aliphatic heterocycles. The molecule has 96 valence electrons. The maximum absolute atomic E-state index is 12.6. The fourth-order valence-corrected chi connectivity index (χ4v) is 1.77. The first-order valence-electron chi connectivity index (χ1n) is 5.59. The van der Waals surface area contributed by atoms with E-state index in [1.165, 1.54) is 12.1 Å². The van der Waals surface area contributed by atoms with Crippen molar-refractivity contribution in [3.8, 4) is 0 Å². The summed E-state index contributed by atoms with van der Waals surface area (Å²) in [5.74, 6) is 0. The molecule has 1 aromatic carbocycles. The van der Waals surface area contributed by atoms with Crippen LogP contribution in [0.15, 0.2) is 18.2 Å². The second-order valence-corrected chi connectivity index (χ2v) is 3.72. The van der Waals surface area contributed by atoms with Crippen LogP contribution in [-0.4, -0.2) is 13.1 Å². The Morgan fingerprint density at radius 1 is 1.18 bits per heavy atom. The number of hydrogen-bond donors (Lipinski definition) is 1. The van der Waals surface area contributed by atoms with Gasteiger partial charge >= 0.3 is 6.18 Å². The molecule has 0 radical (unpaired) electrons. The van der Waals surface area contributed by atoms with E-state index >= 15 is 0 Å². The molecule has 0 aromatic heterocycles. The van der Waals surface area contributed by atoms with Crippen molar-refractivity contribution in [1.82, 2.24) is 0 Å². The van der Waals surface area contributed by atoms with Crippen molar-refractivity contribution in [2.75, 3.05) is 18.0 Å². The zero-order valence-corrected chi connectivity index (χ0v) is 10.0. The van der Waals surface area contributed by atoms with E-state index in [1.807, 2.05) is 18.7 Å². The smallest absolute Gasteiger partial charge is 0.372 e. The predicted octanol–water partition coefficient (Wildman–Crippen LogP) is 3.01. The van der Waals surface area contributed by atoms with Crippen LogP contribution in [0, 0.1) is 0 Å². The van der Waals surface area contributed by atoms with Gasteiger partial charge in [-0.3, -0.25) is 0 Å². The van der Waals surface area contributed by atoms with Crippen molar-refractivity contribution in [2.24, 2.45) is 5.73 Å². The van der Waals surface area contributed by atoms with Crippen molar-refractivity contribution in [2.45, 2.75) is 26.6 Å². The van der Waals surface area contributed by atoms with E-state index in [2.05, 4.69) is 0 Å². The van der Waals surface area contributed by atoms with Crippen LogP contribution >= 0.6 is 0 Å². The van der Waals surface area contributed by atoms with Gasteiger partial charge in [0.1, 0.15) is 0 Å². The van der Waals surface area contributed by atoms with Crippen LogP contribution in [0.4, 0.5) is 18.9 Å². The summed E-state index contributed by atoms with van der Waals surface area (Å²) in [6, 6.07) is 3.71. The Bertz CT molecular complexity index is 371. The van der Waals surface area contributed by atoms with E-state index in [9.17, 15) is 13.2 Å². The molecule has 1 rings (SSSR count). The summed E-state index contributed by atoms with van der Waals surface area (Å²) in [7, 11) is 0. The number of nitrogens with two attached hydrogens (primary N) is 1. The van der Waals surface area contributed by atoms with Gasteiger partial charge in [0, 0.05) is 25.3 Å². The summed E-state index contributed by atoms with van der Waals surface area (Å²) in [5.41, 5.74) is 6.23. The molecular formula is C12H17F3N2. The topological polar surface area (TPSA) is 29.3 Å². The van der Waals surface area contributed by atoms with Gasteiger partial charge in [0.25, 0.3) is 0 Å². The summed E-state index contributed by atoms with van der Waals surface area (Å²) in [6.07, 6.45) is -4.31. The van der Waals surface area contributed by atoms with E-state index in [-0.39, 0.29) is 6.54 Å². The second kappa shape index (κ2) is 5.40. The SMILES string of the molecule is CCN(CC)c1cc(C(F)(F)F)ccc1CN. The third kappa shape index (κ3) is 3.12. The van der Waals surface area contributed by atoms with Crippen molar-refractivity contribution in [3.05, 3.63) is 29.3 Å². The minimum absolute atomic E-state index is 0.240. The van der Waals surface area contributed by atoms with E-state index < -0.39 is 11.7 Å². The second-order valence-electron chi connectivity index (χ2n) is 3.72. The molecule has 0 saturated heterocycles. The van der Waals surface area contributed by atoms with Crippen LogP contribution in [0.5, 0.6) is 0 Å².